The summed E-state index contributed by atoms with van der Waals surface area (Å²) in [5.74, 6) is -2.75. The summed E-state index contributed by atoms with van der Waals surface area (Å²) in [6.07, 6.45) is -4.71. The Bertz CT molecular complexity index is 602. The van der Waals surface area contributed by atoms with Crippen molar-refractivity contribution in [1.82, 2.24) is 0 Å². The molecule has 1 saturated heterocycles. The summed E-state index contributed by atoms with van der Waals surface area (Å²) >= 11 is 0.626. The lowest BCUT2D eigenvalue weighted by molar-refractivity contribution is -0.237. The van der Waals surface area contributed by atoms with Crippen molar-refractivity contribution in [2.45, 2.75) is 57.5 Å². The van der Waals surface area contributed by atoms with Crippen molar-refractivity contribution in [3.05, 3.63) is 0 Å². The third kappa shape index (κ3) is 6.53. The number of carbonyl (C=O) groups is 4. The minimum absolute atomic E-state index is 0.319. The van der Waals surface area contributed by atoms with E-state index in [-0.39, 0.29) is 6.61 Å². The molecule has 0 N–H and O–H groups in total. The summed E-state index contributed by atoms with van der Waals surface area (Å²) < 4.78 is 26.0. The molecule has 0 amide bonds. The average Bonchev–Trinajstić information content (AvgIpc) is 2.50. The van der Waals surface area contributed by atoms with E-state index in [0.29, 0.717) is 11.8 Å². The normalized spacial score (nSPS) is 27.6. The van der Waals surface area contributed by atoms with E-state index in [2.05, 4.69) is 0 Å². The third-order valence-electron chi connectivity index (χ3n) is 3.12. The van der Waals surface area contributed by atoms with E-state index >= 15 is 0 Å². The first-order valence-corrected chi connectivity index (χ1v) is 8.38. The van der Waals surface area contributed by atoms with Crippen LogP contribution in [0.15, 0.2) is 0 Å². The van der Waals surface area contributed by atoms with Gasteiger partial charge in [-0.15, -0.1) is 0 Å². The van der Waals surface area contributed by atoms with E-state index in [4.69, 9.17) is 28.9 Å². The highest BCUT2D eigenvalue weighted by Crippen LogP contribution is 2.33. The van der Waals surface area contributed by atoms with Gasteiger partial charge in [-0.25, -0.2) is 0 Å². The maximum Gasteiger partial charge on any atom is 0.303 e. The Hall–Kier alpha value is -2.32. The molecule has 0 aliphatic carbocycles. The first-order valence-electron chi connectivity index (χ1n) is 7.51. The molecule has 5 atom stereocenters. The highest BCUT2D eigenvalue weighted by atomic mass is 32.2. The molecule has 0 saturated carbocycles. The SMILES string of the molecule is CC(=O)OC[C@H]1O[C@@H](SC#N)[C@H](OC(C)=O)[C@@H](OC(C)=O)[C@@H]1OC(C)=O. The Kier molecular flexibility index (Phi) is 8.34. The number of nitrogens with zero attached hydrogens (tertiary/aromatic N) is 1. The Morgan fingerprint density at radius 3 is 1.85 bits per heavy atom. The van der Waals surface area contributed by atoms with Crippen LogP contribution in [0.25, 0.3) is 0 Å². The van der Waals surface area contributed by atoms with Crippen LogP contribution >= 0.6 is 11.8 Å². The van der Waals surface area contributed by atoms with Gasteiger partial charge in [-0.1, -0.05) is 0 Å². The van der Waals surface area contributed by atoms with Gasteiger partial charge in [0, 0.05) is 27.7 Å². The number of thioether (sulfide) groups is 1. The summed E-state index contributed by atoms with van der Waals surface area (Å²) in [7, 11) is 0. The molecule has 1 aliphatic heterocycles. The van der Waals surface area contributed by atoms with Crippen LogP contribution in [-0.2, 0) is 42.9 Å². The lowest BCUT2D eigenvalue weighted by atomic mass is 9.99. The number of hydrogen-bond donors (Lipinski definition) is 0. The van der Waals surface area contributed by atoms with Crippen LogP contribution in [0, 0.1) is 10.7 Å². The molecule has 11 heteroatoms. The monoisotopic (exact) mass is 389 g/mol. The van der Waals surface area contributed by atoms with Crippen LogP contribution in [0.2, 0.25) is 0 Å². The summed E-state index contributed by atoms with van der Waals surface area (Å²) in [6, 6.07) is 0. The fourth-order valence-corrected chi connectivity index (χ4v) is 2.98. The molecule has 0 aromatic rings. The predicted molar refractivity (Wildman–Crippen MR) is 85.2 cm³/mol. The highest BCUT2D eigenvalue weighted by Gasteiger charge is 2.52. The zero-order valence-corrected chi connectivity index (χ0v) is 15.4. The summed E-state index contributed by atoms with van der Waals surface area (Å²) in [4.78, 5) is 45.5. The standard InChI is InChI=1S/C15H19NO9S/c1-7(17)21-5-11-12(22-8(2)18)13(23-9(3)19)14(24-10(4)20)15(25-11)26-6-16/h11-15H,5H2,1-4H3/t11-,12-,13+,14-,15+/m1/s1. The van der Waals surface area contributed by atoms with Crippen LogP contribution < -0.4 is 0 Å². The fraction of sp³-hybridized carbons (Fsp3) is 0.667. The van der Waals surface area contributed by atoms with Crippen LogP contribution in [0.4, 0.5) is 0 Å². The number of esters is 4. The quantitative estimate of drug-likeness (QED) is 0.352. The first-order chi connectivity index (χ1) is 12.1. The Balaban J connectivity index is 3.24. The second-order valence-corrected chi connectivity index (χ2v) is 6.16. The van der Waals surface area contributed by atoms with Crippen molar-refractivity contribution < 1.29 is 42.9 Å². The molecule has 1 rings (SSSR count). The smallest absolute Gasteiger partial charge is 0.303 e. The van der Waals surface area contributed by atoms with Gasteiger partial charge in [-0.05, 0) is 11.8 Å². The van der Waals surface area contributed by atoms with Crippen LogP contribution in [0.5, 0.6) is 0 Å². The summed E-state index contributed by atoms with van der Waals surface area (Å²) in [5, 5.41) is 10.8. The second-order valence-electron chi connectivity index (χ2n) is 5.28. The summed E-state index contributed by atoms with van der Waals surface area (Å²) in [5.41, 5.74) is -1.05. The van der Waals surface area contributed by atoms with Gasteiger partial charge in [-0.3, -0.25) is 19.2 Å². The predicted octanol–water partition coefficient (Wildman–Crippen LogP) is 0.284. The second kappa shape index (κ2) is 9.98. The lowest BCUT2D eigenvalue weighted by Gasteiger charge is -2.43. The van der Waals surface area contributed by atoms with Gasteiger partial charge in [0.15, 0.2) is 23.7 Å². The largest absolute Gasteiger partial charge is 0.463 e. The molecular weight excluding hydrogens is 370 g/mol. The Labute approximate surface area is 154 Å². The maximum absolute atomic E-state index is 11.5. The van der Waals surface area contributed by atoms with Gasteiger partial charge >= 0.3 is 23.9 Å². The van der Waals surface area contributed by atoms with Crippen molar-refractivity contribution in [3.63, 3.8) is 0 Å². The Morgan fingerprint density at radius 2 is 1.38 bits per heavy atom. The van der Waals surface area contributed by atoms with E-state index in [0.717, 1.165) is 20.8 Å². The molecule has 0 aromatic carbocycles. The molecule has 1 aliphatic rings. The van der Waals surface area contributed by atoms with Gasteiger partial charge < -0.3 is 23.7 Å². The molecule has 0 unspecified atom stereocenters. The van der Waals surface area contributed by atoms with E-state index < -0.39 is 53.7 Å². The number of thiocyanates is 1. The topological polar surface area (TPSA) is 138 Å². The summed E-state index contributed by atoms with van der Waals surface area (Å²) in [6.45, 7) is 4.24. The van der Waals surface area contributed by atoms with Crippen molar-refractivity contribution in [1.29, 1.82) is 5.26 Å². The van der Waals surface area contributed by atoms with Crippen LogP contribution in [0.1, 0.15) is 27.7 Å². The molecule has 144 valence electrons. The molecule has 10 nitrogen and oxygen atoms in total. The fourth-order valence-electron chi connectivity index (χ4n) is 2.34. The number of rotatable bonds is 6. The first kappa shape index (κ1) is 21.7. The van der Waals surface area contributed by atoms with Gasteiger partial charge in [0.2, 0.25) is 0 Å². The lowest BCUT2D eigenvalue weighted by Crippen LogP contribution is -2.61. The van der Waals surface area contributed by atoms with Gasteiger partial charge in [0.05, 0.1) is 0 Å². The maximum atomic E-state index is 11.5. The van der Waals surface area contributed by atoms with Crippen LogP contribution in [0.3, 0.4) is 0 Å². The van der Waals surface area contributed by atoms with E-state index in [1.54, 1.807) is 5.40 Å². The molecular formula is C15H19NO9S. The van der Waals surface area contributed by atoms with Crippen LogP contribution in [-0.4, -0.2) is 60.3 Å². The molecule has 0 spiro atoms. The van der Waals surface area contributed by atoms with Crippen molar-refractivity contribution >= 4 is 35.6 Å². The molecule has 0 aromatic heterocycles. The minimum Gasteiger partial charge on any atom is -0.463 e. The molecule has 26 heavy (non-hydrogen) atoms. The Morgan fingerprint density at radius 1 is 0.885 bits per heavy atom. The number of hydrogen-bond acceptors (Lipinski definition) is 11. The molecule has 1 fully saturated rings. The van der Waals surface area contributed by atoms with E-state index in [1.807, 2.05) is 0 Å². The highest BCUT2D eigenvalue weighted by molar-refractivity contribution is 8.04. The van der Waals surface area contributed by atoms with Gasteiger partial charge in [0.1, 0.15) is 18.1 Å². The third-order valence-corrected chi connectivity index (χ3v) is 3.83. The van der Waals surface area contributed by atoms with Crippen molar-refractivity contribution in [2.75, 3.05) is 6.61 Å². The average molecular weight is 389 g/mol. The molecule has 0 radical (unpaired) electrons. The van der Waals surface area contributed by atoms with Crippen molar-refractivity contribution in [2.24, 2.45) is 0 Å². The van der Waals surface area contributed by atoms with Gasteiger partial charge in [0.25, 0.3) is 0 Å². The molecule has 1 heterocycles. The number of nitriles is 1. The number of carbonyl (C=O) groups excluding carboxylic acids is 4. The van der Waals surface area contributed by atoms with Gasteiger partial charge in [-0.2, -0.15) is 5.26 Å². The van der Waals surface area contributed by atoms with Crippen molar-refractivity contribution in [3.8, 4) is 5.40 Å². The number of ether oxygens (including phenoxy) is 5. The minimum atomic E-state index is -1.25. The zero-order valence-electron chi connectivity index (χ0n) is 14.6. The van der Waals surface area contributed by atoms with E-state index in [9.17, 15) is 19.2 Å². The van der Waals surface area contributed by atoms with E-state index in [1.165, 1.54) is 6.92 Å². The molecule has 0 bridgehead atoms. The zero-order chi connectivity index (χ0) is 19.9.